The average Bonchev–Trinajstić information content (AvgIpc) is 2.72. The van der Waals surface area contributed by atoms with Gasteiger partial charge in [-0.1, -0.05) is 0 Å². The fourth-order valence-electron chi connectivity index (χ4n) is 4.17. The molecule has 0 spiro atoms. The maximum Gasteiger partial charge on any atom is 0.339 e. The van der Waals surface area contributed by atoms with Crippen LogP contribution in [-0.2, 0) is 22.4 Å². The summed E-state index contributed by atoms with van der Waals surface area (Å²) < 4.78 is 11.1. The largest absolute Gasteiger partial charge is 0.484 e. The second-order valence-corrected chi connectivity index (χ2v) is 7.56. The zero-order chi connectivity index (χ0) is 19.7. The Balaban J connectivity index is 1.43. The molecular weight excluding hydrogens is 360 g/mol. The molecule has 7 heteroatoms. The Morgan fingerprint density at radius 1 is 1.14 bits per heavy atom. The van der Waals surface area contributed by atoms with Gasteiger partial charge in [-0.3, -0.25) is 9.59 Å². The van der Waals surface area contributed by atoms with Gasteiger partial charge in [0.15, 0.2) is 6.61 Å². The predicted octanol–water partition coefficient (Wildman–Crippen LogP) is 1.77. The number of primary amides is 1. The van der Waals surface area contributed by atoms with Crippen LogP contribution in [0.1, 0.15) is 36.8 Å². The molecule has 0 unspecified atom stereocenters. The van der Waals surface area contributed by atoms with Crippen LogP contribution >= 0.6 is 0 Å². The van der Waals surface area contributed by atoms with E-state index < -0.39 is 0 Å². The number of piperidine rings is 1. The van der Waals surface area contributed by atoms with Crippen molar-refractivity contribution >= 4 is 22.8 Å². The molecule has 2 aromatic rings. The topological polar surface area (TPSA) is 103 Å². The van der Waals surface area contributed by atoms with Gasteiger partial charge >= 0.3 is 5.63 Å². The molecule has 2 aliphatic rings. The van der Waals surface area contributed by atoms with Crippen molar-refractivity contribution in [3.8, 4) is 5.75 Å². The lowest BCUT2D eigenvalue weighted by molar-refractivity contribution is -0.136. The van der Waals surface area contributed by atoms with E-state index in [1.54, 1.807) is 11.0 Å². The van der Waals surface area contributed by atoms with Crippen molar-refractivity contribution in [2.75, 3.05) is 19.7 Å². The van der Waals surface area contributed by atoms with Gasteiger partial charge in [0, 0.05) is 36.0 Å². The smallest absolute Gasteiger partial charge is 0.339 e. The average molecular weight is 384 g/mol. The van der Waals surface area contributed by atoms with Crippen LogP contribution < -0.4 is 16.1 Å². The van der Waals surface area contributed by atoms with Crippen LogP contribution in [0.4, 0.5) is 0 Å². The van der Waals surface area contributed by atoms with Gasteiger partial charge in [0.25, 0.3) is 5.91 Å². The predicted molar refractivity (Wildman–Crippen MR) is 103 cm³/mol. The van der Waals surface area contributed by atoms with E-state index in [2.05, 4.69) is 0 Å². The van der Waals surface area contributed by atoms with Crippen LogP contribution in [0.5, 0.6) is 5.75 Å². The Morgan fingerprint density at radius 2 is 1.86 bits per heavy atom. The van der Waals surface area contributed by atoms with Crippen LogP contribution in [0.2, 0.25) is 0 Å². The lowest BCUT2D eigenvalue weighted by Crippen LogP contribution is -2.43. The van der Waals surface area contributed by atoms with Gasteiger partial charge in [-0.25, -0.2) is 4.79 Å². The summed E-state index contributed by atoms with van der Waals surface area (Å²) in [5.41, 5.74) is 7.43. The number of benzene rings is 1. The molecule has 2 N–H and O–H groups in total. The second kappa shape index (κ2) is 7.66. The molecule has 0 radical (unpaired) electrons. The molecule has 1 aromatic carbocycles. The van der Waals surface area contributed by atoms with Crippen molar-refractivity contribution in [2.24, 2.45) is 11.7 Å². The third kappa shape index (κ3) is 3.61. The van der Waals surface area contributed by atoms with Gasteiger partial charge in [0.1, 0.15) is 11.3 Å². The first-order chi connectivity index (χ1) is 13.5. The molecule has 2 heterocycles. The highest BCUT2D eigenvalue weighted by Gasteiger charge is 2.26. The summed E-state index contributed by atoms with van der Waals surface area (Å²) in [5, 5.41) is 0.946. The quantitative estimate of drug-likeness (QED) is 0.810. The molecule has 7 nitrogen and oxygen atoms in total. The number of hydrogen-bond donors (Lipinski definition) is 1. The van der Waals surface area contributed by atoms with Crippen molar-refractivity contribution in [3.05, 3.63) is 39.7 Å². The van der Waals surface area contributed by atoms with Crippen molar-refractivity contribution in [3.63, 3.8) is 0 Å². The minimum Gasteiger partial charge on any atom is -0.484 e. The van der Waals surface area contributed by atoms with Gasteiger partial charge in [0.2, 0.25) is 5.91 Å². The Morgan fingerprint density at radius 3 is 2.57 bits per heavy atom. The molecule has 2 amide bonds. The standard InChI is InChI=1S/C21H24N2O5/c22-20(25)13-7-9-23(10-8-13)19(24)12-27-14-5-6-16-15-3-1-2-4-17(15)21(26)28-18(16)11-14/h5-6,11,13H,1-4,7-10,12H2,(H2,22,25). The summed E-state index contributed by atoms with van der Waals surface area (Å²) >= 11 is 0. The second-order valence-electron chi connectivity index (χ2n) is 7.56. The number of ether oxygens (including phenoxy) is 1. The van der Waals surface area contributed by atoms with Crippen molar-refractivity contribution in [1.82, 2.24) is 4.90 Å². The molecule has 148 valence electrons. The molecule has 0 bridgehead atoms. The maximum absolute atomic E-state index is 12.4. The number of fused-ring (bicyclic) bond motifs is 3. The number of amides is 2. The number of aryl methyl sites for hydroxylation is 1. The summed E-state index contributed by atoms with van der Waals surface area (Å²) in [5.74, 6) is -0.0934. The number of carbonyl (C=O) groups excluding carboxylic acids is 2. The highest BCUT2D eigenvalue weighted by molar-refractivity contribution is 5.83. The lowest BCUT2D eigenvalue weighted by atomic mass is 9.91. The molecule has 1 aromatic heterocycles. The van der Waals surface area contributed by atoms with E-state index in [1.165, 1.54) is 0 Å². The van der Waals surface area contributed by atoms with Gasteiger partial charge in [-0.05, 0) is 56.2 Å². The summed E-state index contributed by atoms with van der Waals surface area (Å²) in [4.78, 5) is 37.5. The van der Waals surface area contributed by atoms with Crippen molar-refractivity contribution < 1.29 is 18.7 Å². The molecule has 1 aliphatic carbocycles. The zero-order valence-electron chi connectivity index (χ0n) is 15.7. The number of carbonyl (C=O) groups is 2. The summed E-state index contributed by atoms with van der Waals surface area (Å²) in [7, 11) is 0. The Hall–Kier alpha value is -2.83. The zero-order valence-corrected chi connectivity index (χ0v) is 15.7. The molecule has 0 saturated carbocycles. The van der Waals surface area contributed by atoms with E-state index >= 15 is 0 Å². The number of hydrogen-bond acceptors (Lipinski definition) is 5. The van der Waals surface area contributed by atoms with E-state index in [-0.39, 0.29) is 30.0 Å². The first kappa shape index (κ1) is 18.5. The van der Waals surface area contributed by atoms with Crippen LogP contribution in [0.25, 0.3) is 11.0 Å². The summed E-state index contributed by atoms with van der Waals surface area (Å²) in [6.07, 6.45) is 4.93. The lowest BCUT2D eigenvalue weighted by Gasteiger charge is -2.30. The van der Waals surface area contributed by atoms with Crippen molar-refractivity contribution in [1.29, 1.82) is 0 Å². The molecule has 0 atom stereocenters. The van der Waals surface area contributed by atoms with E-state index in [0.717, 1.165) is 42.2 Å². The molecule has 1 fully saturated rings. The molecule has 1 saturated heterocycles. The first-order valence-electron chi connectivity index (χ1n) is 9.81. The van der Waals surface area contributed by atoms with Gasteiger partial charge in [-0.15, -0.1) is 0 Å². The third-order valence-electron chi connectivity index (χ3n) is 5.81. The number of nitrogens with two attached hydrogens (primary N) is 1. The van der Waals surface area contributed by atoms with Gasteiger partial charge in [0.05, 0.1) is 0 Å². The number of nitrogens with zero attached hydrogens (tertiary/aromatic N) is 1. The third-order valence-corrected chi connectivity index (χ3v) is 5.81. The van der Waals surface area contributed by atoms with E-state index in [0.29, 0.717) is 37.3 Å². The van der Waals surface area contributed by atoms with E-state index in [4.69, 9.17) is 14.9 Å². The fourth-order valence-corrected chi connectivity index (χ4v) is 4.17. The summed E-state index contributed by atoms with van der Waals surface area (Å²) in [6, 6.07) is 5.39. The maximum atomic E-state index is 12.4. The molecule has 28 heavy (non-hydrogen) atoms. The monoisotopic (exact) mass is 384 g/mol. The van der Waals surface area contributed by atoms with Crippen LogP contribution in [0.15, 0.2) is 27.4 Å². The normalized spacial score (nSPS) is 17.4. The fraction of sp³-hybridized carbons (Fsp3) is 0.476. The molecule has 4 rings (SSSR count). The minimum atomic E-state index is -0.303. The minimum absolute atomic E-state index is 0.0953. The highest BCUT2D eigenvalue weighted by Crippen LogP contribution is 2.29. The van der Waals surface area contributed by atoms with Crippen molar-refractivity contribution in [2.45, 2.75) is 38.5 Å². The van der Waals surface area contributed by atoms with E-state index in [1.807, 2.05) is 12.1 Å². The Kier molecular flexibility index (Phi) is 5.07. The Bertz CT molecular complexity index is 973. The highest BCUT2D eigenvalue weighted by atomic mass is 16.5. The van der Waals surface area contributed by atoms with Gasteiger partial charge < -0.3 is 19.8 Å². The number of rotatable bonds is 4. The SMILES string of the molecule is NC(=O)C1CCN(C(=O)COc2ccc3c4c(c(=O)oc3c2)CCCC4)CC1. The van der Waals surface area contributed by atoms with Crippen LogP contribution in [0.3, 0.4) is 0 Å². The van der Waals surface area contributed by atoms with E-state index in [9.17, 15) is 14.4 Å². The van der Waals surface area contributed by atoms with Crippen LogP contribution in [0, 0.1) is 5.92 Å². The van der Waals surface area contributed by atoms with Crippen LogP contribution in [-0.4, -0.2) is 36.4 Å². The Labute approximate surface area is 162 Å². The van der Waals surface area contributed by atoms with Gasteiger partial charge in [-0.2, -0.15) is 0 Å². The first-order valence-corrected chi connectivity index (χ1v) is 9.81. The summed E-state index contributed by atoms with van der Waals surface area (Å²) in [6.45, 7) is 0.922. The number of likely N-dealkylation sites (tertiary alicyclic amines) is 1. The molecule has 1 aliphatic heterocycles. The molecular formula is C21H24N2O5.